The highest BCUT2D eigenvalue weighted by Crippen LogP contribution is 2.41. The van der Waals surface area contributed by atoms with Crippen molar-refractivity contribution in [3.63, 3.8) is 0 Å². The van der Waals surface area contributed by atoms with Gasteiger partial charge in [0.15, 0.2) is 0 Å². The molecule has 2 unspecified atom stereocenters. The number of hydrogen-bond donors (Lipinski definition) is 0. The molecule has 1 saturated carbocycles. The summed E-state index contributed by atoms with van der Waals surface area (Å²) in [5.41, 5.74) is 0. The third-order valence-electron chi connectivity index (χ3n) is 3.95. The normalized spacial score (nSPS) is 20.6. The Hall–Kier alpha value is -1.06. The summed E-state index contributed by atoms with van der Waals surface area (Å²) >= 11 is 0. The molecule has 4 nitrogen and oxygen atoms in total. The van der Waals surface area contributed by atoms with Crippen LogP contribution in [-0.2, 0) is 9.59 Å². The van der Waals surface area contributed by atoms with Crippen LogP contribution in [0.2, 0.25) is 0 Å². The SMILES string of the molecule is CCCCN(C)C(=O)C1CC1C(=O)N(CCC)CCC. The van der Waals surface area contributed by atoms with E-state index in [9.17, 15) is 9.59 Å². The fraction of sp³-hybridized carbons (Fsp3) is 0.875. The van der Waals surface area contributed by atoms with Crippen molar-refractivity contribution in [3.05, 3.63) is 0 Å². The lowest BCUT2D eigenvalue weighted by atomic mass is 10.2. The van der Waals surface area contributed by atoms with Crippen molar-refractivity contribution in [1.29, 1.82) is 0 Å². The van der Waals surface area contributed by atoms with E-state index < -0.39 is 0 Å². The van der Waals surface area contributed by atoms with E-state index in [1.165, 1.54) is 0 Å². The second-order valence-electron chi connectivity index (χ2n) is 5.89. The number of rotatable bonds is 9. The van der Waals surface area contributed by atoms with E-state index in [1.54, 1.807) is 4.90 Å². The maximum atomic E-state index is 12.4. The number of hydrogen-bond acceptors (Lipinski definition) is 2. The van der Waals surface area contributed by atoms with Gasteiger partial charge in [-0.3, -0.25) is 9.59 Å². The van der Waals surface area contributed by atoms with Crippen LogP contribution in [0.3, 0.4) is 0 Å². The van der Waals surface area contributed by atoms with Crippen LogP contribution in [0.25, 0.3) is 0 Å². The van der Waals surface area contributed by atoms with E-state index in [2.05, 4.69) is 20.8 Å². The number of unbranched alkanes of at least 4 members (excludes halogenated alkanes) is 1. The largest absolute Gasteiger partial charge is 0.346 e. The molecular formula is C16H30N2O2. The van der Waals surface area contributed by atoms with E-state index in [1.807, 2.05) is 11.9 Å². The maximum absolute atomic E-state index is 12.4. The van der Waals surface area contributed by atoms with Gasteiger partial charge in [0.25, 0.3) is 0 Å². The lowest BCUT2D eigenvalue weighted by molar-refractivity contribution is -0.137. The van der Waals surface area contributed by atoms with Crippen LogP contribution in [0.15, 0.2) is 0 Å². The highest BCUT2D eigenvalue weighted by atomic mass is 16.2. The Balaban J connectivity index is 2.47. The van der Waals surface area contributed by atoms with Crippen molar-refractivity contribution in [3.8, 4) is 0 Å². The van der Waals surface area contributed by atoms with Crippen molar-refractivity contribution >= 4 is 11.8 Å². The molecule has 0 spiro atoms. The Morgan fingerprint density at radius 2 is 1.45 bits per heavy atom. The van der Waals surface area contributed by atoms with Gasteiger partial charge in [0, 0.05) is 26.7 Å². The zero-order chi connectivity index (χ0) is 15.1. The number of carbonyl (C=O) groups is 2. The monoisotopic (exact) mass is 282 g/mol. The topological polar surface area (TPSA) is 40.6 Å². The molecule has 0 N–H and O–H groups in total. The lowest BCUT2D eigenvalue weighted by Crippen LogP contribution is -2.36. The molecule has 0 aliphatic heterocycles. The molecule has 2 atom stereocenters. The molecule has 0 aromatic carbocycles. The third-order valence-corrected chi connectivity index (χ3v) is 3.95. The van der Waals surface area contributed by atoms with E-state index in [0.717, 1.165) is 51.7 Å². The molecule has 0 saturated heterocycles. The summed E-state index contributed by atoms with van der Waals surface area (Å²) in [6, 6.07) is 0. The van der Waals surface area contributed by atoms with Crippen LogP contribution < -0.4 is 0 Å². The minimum atomic E-state index is -0.0550. The second-order valence-corrected chi connectivity index (χ2v) is 5.89. The van der Waals surface area contributed by atoms with E-state index in [-0.39, 0.29) is 23.7 Å². The molecule has 1 aliphatic rings. The van der Waals surface area contributed by atoms with Gasteiger partial charge < -0.3 is 9.80 Å². The van der Waals surface area contributed by atoms with Crippen molar-refractivity contribution in [1.82, 2.24) is 9.80 Å². The molecule has 0 heterocycles. The van der Waals surface area contributed by atoms with Gasteiger partial charge in [0.2, 0.25) is 11.8 Å². The van der Waals surface area contributed by atoms with E-state index >= 15 is 0 Å². The standard InChI is InChI=1S/C16H30N2O2/c1-5-8-11-17(4)15(19)13-12-14(13)16(20)18(9-6-2)10-7-3/h13-14H,5-12H2,1-4H3. The highest BCUT2D eigenvalue weighted by Gasteiger charge is 2.50. The van der Waals surface area contributed by atoms with Crippen molar-refractivity contribution in [2.45, 2.75) is 52.9 Å². The summed E-state index contributed by atoms with van der Waals surface area (Å²) in [5.74, 6) is 0.242. The second kappa shape index (κ2) is 8.28. The van der Waals surface area contributed by atoms with Gasteiger partial charge in [-0.15, -0.1) is 0 Å². The molecule has 116 valence electrons. The number of nitrogens with zero attached hydrogens (tertiary/aromatic N) is 2. The maximum Gasteiger partial charge on any atom is 0.226 e. The zero-order valence-corrected chi connectivity index (χ0v) is 13.5. The van der Waals surface area contributed by atoms with Crippen LogP contribution in [-0.4, -0.2) is 48.3 Å². The van der Waals surface area contributed by atoms with Gasteiger partial charge >= 0.3 is 0 Å². The molecule has 20 heavy (non-hydrogen) atoms. The summed E-state index contributed by atoms with van der Waals surface area (Å²) in [6.07, 6.45) is 4.83. The predicted molar refractivity (Wildman–Crippen MR) is 81.3 cm³/mol. The Morgan fingerprint density at radius 3 is 1.95 bits per heavy atom. The fourth-order valence-corrected chi connectivity index (χ4v) is 2.64. The first-order chi connectivity index (χ1) is 9.56. The van der Waals surface area contributed by atoms with Crippen LogP contribution in [0.4, 0.5) is 0 Å². The van der Waals surface area contributed by atoms with Crippen LogP contribution in [0.1, 0.15) is 52.9 Å². The molecule has 0 aromatic rings. The summed E-state index contributed by atoms with van der Waals surface area (Å²) < 4.78 is 0. The van der Waals surface area contributed by atoms with Gasteiger partial charge in [-0.05, 0) is 25.7 Å². The summed E-state index contributed by atoms with van der Waals surface area (Å²) in [6.45, 7) is 8.73. The number of carbonyl (C=O) groups excluding carboxylic acids is 2. The Bertz CT molecular complexity index is 324. The first-order valence-electron chi connectivity index (χ1n) is 8.10. The molecule has 0 aromatic heterocycles. The molecule has 1 aliphatic carbocycles. The minimum Gasteiger partial charge on any atom is -0.346 e. The van der Waals surface area contributed by atoms with Gasteiger partial charge in [-0.25, -0.2) is 0 Å². The van der Waals surface area contributed by atoms with Gasteiger partial charge in [0.05, 0.1) is 11.8 Å². The van der Waals surface area contributed by atoms with Gasteiger partial charge in [-0.1, -0.05) is 27.2 Å². The van der Waals surface area contributed by atoms with Gasteiger partial charge in [-0.2, -0.15) is 0 Å². The number of amides is 2. The average Bonchev–Trinajstić information content (AvgIpc) is 3.23. The Morgan fingerprint density at radius 1 is 0.900 bits per heavy atom. The van der Waals surface area contributed by atoms with Crippen molar-refractivity contribution in [2.24, 2.45) is 11.8 Å². The molecule has 4 heteroatoms. The van der Waals surface area contributed by atoms with Crippen LogP contribution in [0.5, 0.6) is 0 Å². The summed E-state index contributed by atoms with van der Waals surface area (Å²) in [5, 5.41) is 0. The molecule has 0 bridgehead atoms. The first-order valence-corrected chi connectivity index (χ1v) is 8.10. The smallest absolute Gasteiger partial charge is 0.226 e. The third kappa shape index (κ3) is 4.50. The molecule has 1 fully saturated rings. The highest BCUT2D eigenvalue weighted by molar-refractivity contribution is 5.92. The lowest BCUT2D eigenvalue weighted by Gasteiger charge is -2.22. The van der Waals surface area contributed by atoms with Crippen LogP contribution >= 0.6 is 0 Å². The minimum absolute atomic E-state index is 0.0512. The molecular weight excluding hydrogens is 252 g/mol. The van der Waals surface area contributed by atoms with Crippen molar-refractivity contribution < 1.29 is 9.59 Å². The molecule has 2 amide bonds. The zero-order valence-electron chi connectivity index (χ0n) is 13.5. The van der Waals surface area contributed by atoms with Gasteiger partial charge in [0.1, 0.15) is 0 Å². The van der Waals surface area contributed by atoms with Crippen LogP contribution in [0, 0.1) is 11.8 Å². The molecule has 0 radical (unpaired) electrons. The predicted octanol–water partition coefficient (Wildman–Crippen LogP) is 2.53. The summed E-state index contributed by atoms with van der Waals surface area (Å²) in [4.78, 5) is 28.3. The Kier molecular flexibility index (Phi) is 7.03. The van der Waals surface area contributed by atoms with E-state index in [0.29, 0.717) is 0 Å². The quantitative estimate of drug-likeness (QED) is 0.652. The van der Waals surface area contributed by atoms with E-state index in [4.69, 9.17) is 0 Å². The fourth-order valence-electron chi connectivity index (χ4n) is 2.64. The van der Waals surface area contributed by atoms with Crippen molar-refractivity contribution in [2.75, 3.05) is 26.7 Å². The first kappa shape index (κ1) is 17.0. The average molecular weight is 282 g/mol. The summed E-state index contributed by atoms with van der Waals surface area (Å²) in [7, 11) is 1.85. The molecule has 1 rings (SSSR count). The Labute approximate surface area is 123 Å².